The van der Waals surface area contributed by atoms with E-state index in [1.807, 2.05) is 6.92 Å². The normalized spacial score (nSPS) is 37.0. The molecule has 2 unspecified atom stereocenters. The third-order valence-electron chi connectivity index (χ3n) is 3.14. The second-order valence-corrected chi connectivity index (χ2v) is 4.43. The Morgan fingerprint density at radius 3 is 2.86 bits per heavy atom. The summed E-state index contributed by atoms with van der Waals surface area (Å²) in [5, 5.41) is 12.7. The van der Waals surface area contributed by atoms with Crippen LogP contribution in [0.5, 0.6) is 0 Å². The standard InChI is InChI=1S/C11H18N2O/c1-2-14-10-5-6-11(7-10,8-12)13-9-3-4-9/h9-10,13H,2-7H2,1H3. The van der Waals surface area contributed by atoms with Crippen molar-refractivity contribution in [2.75, 3.05) is 6.61 Å². The summed E-state index contributed by atoms with van der Waals surface area (Å²) in [4.78, 5) is 0. The Bertz CT molecular complexity index is 244. The van der Waals surface area contributed by atoms with Gasteiger partial charge in [-0.05, 0) is 32.6 Å². The molecule has 1 N–H and O–H groups in total. The quantitative estimate of drug-likeness (QED) is 0.739. The lowest BCUT2D eigenvalue weighted by Crippen LogP contribution is -2.43. The van der Waals surface area contributed by atoms with Crippen LogP contribution < -0.4 is 5.32 Å². The Labute approximate surface area is 85.4 Å². The van der Waals surface area contributed by atoms with E-state index in [2.05, 4.69) is 11.4 Å². The molecule has 2 aliphatic rings. The zero-order chi connectivity index (χ0) is 10.0. The van der Waals surface area contributed by atoms with Gasteiger partial charge in [0.2, 0.25) is 0 Å². The maximum atomic E-state index is 9.21. The average Bonchev–Trinajstić information content (AvgIpc) is 2.89. The zero-order valence-corrected chi connectivity index (χ0v) is 8.75. The molecular formula is C11H18N2O. The number of nitriles is 1. The number of nitrogens with zero attached hydrogens (tertiary/aromatic N) is 1. The molecular weight excluding hydrogens is 176 g/mol. The van der Waals surface area contributed by atoms with Gasteiger partial charge >= 0.3 is 0 Å². The van der Waals surface area contributed by atoms with Gasteiger partial charge in [-0.15, -0.1) is 0 Å². The smallest absolute Gasteiger partial charge is 0.109 e. The fraction of sp³-hybridized carbons (Fsp3) is 0.909. The second-order valence-electron chi connectivity index (χ2n) is 4.43. The molecule has 0 aromatic heterocycles. The van der Waals surface area contributed by atoms with Crippen molar-refractivity contribution in [2.24, 2.45) is 0 Å². The van der Waals surface area contributed by atoms with Gasteiger partial charge in [-0.3, -0.25) is 5.32 Å². The van der Waals surface area contributed by atoms with Crippen molar-refractivity contribution in [1.82, 2.24) is 5.32 Å². The fourth-order valence-electron chi connectivity index (χ4n) is 2.26. The van der Waals surface area contributed by atoms with Gasteiger partial charge in [-0.25, -0.2) is 0 Å². The summed E-state index contributed by atoms with van der Waals surface area (Å²) in [7, 11) is 0. The van der Waals surface area contributed by atoms with Crippen LogP contribution in [0.25, 0.3) is 0 Å². The zero-order valence-electron chi connectivity index (χ0n) is 8.75. The minimum atomic E-state index is -0.277. The van der Waals surface area contributed by atoms with E-state index in [1.54, 1.807) is 0 Å². The molecule has 0 bridgehead atoms. The first-order chi connectivity index (χ1) is 6.78. The Morgan fingerprint density at radius 2 is 2.29 bits per heavy atom. The van der Waals surface area contributed by atoms with Gasteiger partial charge in [-0.1, -0.05) is 0 Å². The van der Waals surface area contributed by atoms with E-state index in [0.717, 1.165) is 25.9 Å². The van der Waals surface area contributed by atoms with Crippen LogP contribution in [0.1, 0.15) is 39.0 Å². The molecule has 0 aliphatic heterocycles. The molecule has 0 heterocycles. The molecule has 78 valence electrons. The molecule has 0 aromatic rings. The van der Waals surface area contributed by atoms with E-state index in [1.165, 1.54) is 12.8 Å². The van der Waals surface area contributed by atoms with Crippen molar-refractivity contribution in [3.05, 3.63) is 0 Å². The van der Waals surface area contributed by atoms with Crippen molar-refractivity contribution >= 4 is 0 Å². The van der Waals surface area contributed by atoms with Gasteiger partial charge in [0.15, 0.2) is 0 Å². The van der Waals surface area contributed by atoms with Crippen LogP contribution >= 0.6 is 0 Å². The van der Waals surface area contributed by atoms with Crippen LogP contribution in [-0.4, -0.2) is 24.3 Å². The lowest BCUT2D eigenvalue weighted by Gasteiger charge is -2.22. The third kappa shape index (κ3) is 2.08. The predicted molar refractivity (Wildman–Crippen MR) is 53.8 cm³/mol. The van der Waals surface area contributed by atoms with Crippen LogP contribution in [0.4, 0.5) is 0 Å². The van der Waals surface area contributed by atoms with Gasteiger partial charge in [0.1, 0.15) is 5.54 Å². The summed E-state index contributed by atoms with van der Waals surface area (Å²) in [6, 6.07) is 3.05. The van der Waals surface area contributed by atoms with Crippen LogP contribution in [0.15, 0.2) is 0 Å². The second kappa shape index (κ2) is 3.88. The van der Waals surface area contributed by atoms with Crippen LogP contribution in [0, 0.1) is 11.3 Å². The fourth-order valence-corrected chi connectivity index (χ4v) is 2.26. The summed E-state index contributed by atoms with van der Waals surface area (Å²) >= 11 is 0. The summed E-state index contributed by atoms with van der Waals surface area (Å²) in [6.45, 7) is 2.77. The summed E-state index contributed by atoms with van der Waals surface area (Å²) in [6.07, 6.45) is 5.62. The van der Waals surface area contributed by atoms with Crippen molar-refractivity contribution < 1.29 is 4.74 Å². The van der Waals surface area contributed by atoms with Crippen molar-refractivity contribution in [1.29, 1.82) is 5.26 Å². The van der Waals surface area contributed by atoms with Crippen LogP contribution in [-0.2, 0) is 4.74 Å². The van der Waals surface area contributed by atoms with Gasteiger partial charge < -0.3 is 4.74 Å². The number of nitrogens with one attached hydrogen (secondary N) is 1. The number of hydrogen-bond acceptors (Lipinski definition) is 3. The van der Waals surface area contributed by atoms with Crippen molar-refractivity contribution in [2.45, 2.75) is 56.7 Å². The Kier molecular flexibility index (Phi) is 2.76. The molecule has 0 spiro atoms. The van der Waals surface area contributed by atoms with E-state index < -0.39 is 0 Å². The first kappa shape index (κ1) is 9.95. The molecule has 3 heteroatoms. The molecule has 2 aliphatic carbocycles. The third-order valence-corrected chi connectivity index (χ3v) is 3.14. The molecule has 0 amide bonds. The minimum absolute atomic E-state index is 0.277. The summed E-state index contributed by atoms with van der Waals surface area (Å²) in [5.41, 5.74) is -0.277. The molecule has 14 heavy (non-hydrogen) atoms. The Balaban J connectivity index is 1.90. The van der Waals surface area contributed by atoms with E-state index in [9.17, 15) is 5.26 Å². The lowest BCUT2D eigenvalue weighted by molar-refractivity contribution is 0.0644. The maximum Gasteiger partial charge on any atom is 0.109 e. The molecule has 0 saturated heterocycles. The molecule has 2 saturated carbocycles. The monoisotopic (exact) mass is 194 g/mol. The molecule has 0 radical (unpaired) electrons. The molecule has 2 atom stereocenters. The average molecular weight is 194 g/mol. The summed E-state index contributed by atoms with van der Waals surface area (Å²) in [5.74, 6) is 0. The number of rotatable bonds is 4. The molecule has 3 nitrogen and oxygen atoms in total. The van der Waals surface area contributed by atoms with Gasteiger partial charge in [-0.2, -0.15) is 5.26 Å². The lowest BCUT2D eigenvalue weighted by atomic mass is 9.99. The number of hydrogen-bond donors (Lipinski definition) is 1. The van der Waals surface area contributed by atoms with Gasteiger partial charge in [0.05, 0.1) is 12.2 Å². The van der Waals surface area contributed by atoms with Crippen molar-refractivity contribution in [3.8, 4) is 6.07 Å². The molecule has 2 fully saturated rings. The highest BCUT2D eigenvalue weighted by molar-refractivity contribution is 5.14. The highest BCUT2D eigenvalue weighted by atomic mass is 16.5. The Morgan fingerprint density at radius 1 is 1.50 bits per heavy atom. The Hall–Kier alpha value is -0.590. The van der Waals surface area contributed by atoms with Gasteiger partial charge in [0.25, 0.3) is 0 Å². The molecule has 0 aromatic carbocycles. The topological polar surface area (TPSA) is 45.0 Å². The van der Waals surface area contributed by atoms with Gasteiger partial charge in [0, 0.05) is 19.1 Å². The predicted octanol–water partition coefficient (Wildman–Crippen LogP) is 1.59. The first-order valence-electron chi connectivity index (χ1n) is 5.58. The van der Waals surface area contributed by atoms with Crippen LogP contribution in [0.2, 0.25) is 0 Å². The van der Waals surface area contributed by atoms with E-state index >= 15 is 0 Å². The maximum absolute atomic E-state index is 9.21. The SMILES string of the molecule is CCOC1CCC(C#N)(NC2CC2)C1. The molecule has 2 rings (SSSR count). The highest BCUT2D eigenvalue weighted by Gasteiger charge is 2.43. The number of ether oxygens (including phenoxy) is 1. The minimum Gasteiger partial charge on any atom is -0.378 e. The van der Waals surface area contributed by atoms with Crippen LogP contribution in [0.3, 0.4) is 0 Å². The van der Waals surface area contributed by atoms with Crippen molar-refractivity contribution in [3.63, 3.8) is 0 Å². The van der Waals surface area contributed by atoms with E-state index in [4.69, 9.17) is 4.74 Å². The largest absolute Gasteiger partial charge is 0.378 e. The highest BCUT2D eigenvalue weighted by Crippen LogP contribution is 2.34. The van der Waals surface area contributed by atoms with E-state index in [-0.39, 0.29) is 5.54 Å². The van der Waals surface area contributed by atoms with E-state index in [0.29, 0.717) is 12.1 Å². The first-order valence-corrected chi connectivity index (χ1v) is 5.58. The summed E-state index contributed by atoms with van der Waals surface area (Å²) < 4.78 is 5.57.